The molecule has 0 spiro atoms. The van der Waals surface area contributed by atoms with Crippen LogP contribution in [0, 0.1) is 0 Å². The Kier molecular flexibility index (Phi) is 4.87. The summed E-state index contributed by atoms with van der Waals surface area (Å²) >= 11 is 0. The van der Waals surface area contributed by atoms with Gasteiger partial charge in [0.25, 0.3) is 0 Å². The zero-order valence-electron chi connectivity index (χ0n) is 34.5. The van der Waals surface area contributed by atoms with Crippen LogP contribution >= 0.6 is 0 Å². The van der Waals surface area contributed by atoms with Crippen LogP contribution in [0.1, 0.15) is 34.6 Å². The maximum absolute atomic E-state index is 9.85. The predicted molar refractivity (Wildman–Crippen MR) is 210 cm³/mol. The number of fused-ring (bicyclic) bond motifs is 6. The van der Waals surface area contributed by atoms with Crippen molar-refractivity contribution in [2.75, 3.05) is 0 Å². The van der Waals surface area contributed by atoms with Crippen molar-refractivity contribution < 1.29 is 9.60 Å². The van der Waals surface area contributed by atoms with E-state index in [1.54, 1.807) is 0 Å². The van der Waals surface area contributed by atoms with E-state index in [9.17, 15) is 4.11 Å². The molecule has 0 saturated carbocycles. The largest absolute Gasteiger partial charge is 0.292 e. The first kappa shape index (κ1) is 22.4. The monoisotopic (exact) mass is 645 g/mol. The van der Waals surface area contributed by atoms with Crippen LogP contribution in [0.3, 0.4) is 0 Å². The smallest absolute Gasteiger partial charge is 0.145 e. The van der Waals surface area contributed by atoms with E-state index in [1.807, 2.05) is 86.6 Å². The first-order chi connectivity index (χ1) is 27.5. The average molecular weight is 646 g/mol. The van der Waals surface area contributed by atoms with Gasteiger partial charge in [0.15, 0.2) is 0 Å². The second-order valence-electron chi connectivity index (χ2n) is 13.4. The Hall–Kier alpha value is -6.25. The van der Waals surface area contributed by atoms with E-state index >= 15 is 0 Å². The molecule has 50 heavy (non-hydrogen) atoms. The summed E-state index contributed by atoms with van der Waals surface area (Å²) in [6, 6.07) is 41.5. The Morgan fingerprint density at radius 1 is 0.520 bits per heavy atom. The zero-order valence-corrected chi connectivity index (χ0v) is 27.5. The van der Waals surface area contributed by atoms with Gasteiger partial charge in [-0.2, -0.15) is 0 Å². The lowest BCUT2D eigenvalue weighted by atomic mass is 9.80. The summed E-state index contributed by atoms with van der Waals surface area (Å²) < 4.78 is 65.5. The van der Waals surface area contributed by atoms with Crippen molar-refractivity contribution in [3.05, 3.63) is 181 Å². The molecule has 0 amide bonds. The van der Waals surface area contributed by atoms with E-state index in [-0.39, 0.29) is 53.4 Å². The maximum Gasteiger partial charge on any atom is 0.145 e. The minimum Gasteiger partial charge on any atom is -0.292 e. The van der Waals surface area contributed by atoms with Crippen molar-refractivity contribution in [2.45, 2.75) is 19.3 Å². The number of para-hydroxylation sites is 2. The lowest BCUT2D eigenvalue weighted by Crippen LogP contribution is -2.14. The molecule has 0 atom stereocenters. The molecule has 0 saturated heterocycles. The summed E-state index contributed by atoms with van der Waals surface area (Å²) in [5, 5.41) is 3.54. The molecule has 0 bridgehead atoms. The van der Waals surface area contributed by atoms with Crippen LogP contribution in [0.25, 0.3) is 83.0 Å². The molecule has 0 N–H and O–H groups in total. The van der Waals surface area contributed by atoms with Gasteiger partial charge in [0.2, 0.25) is 0 Å². The van der Waals surface area contributed by atoms with Crippen molar-refractivity contribution in [2.24, 2.45) is 0 Å². The highest BCUT2D eigenvalue weighted by atomic mass is 15.1. The quantitative estimate of drug-likeness (QED) is 0.174. The summed E-state index contributed by atoms with van der Waals surface area (Å²) in [6.07, 6.45) is 0. The van der Waals surface area contributed by atoms with Crippen molar-refractivity contribution in [1.29, 1.82) is 0 Å². The van der Waals surface area contributed by atoms with Crippen LogP contribution in [0.4, 0.5) is 0 Å². The number of nitrogens with zero attached hydrogens (tertiary/aromatic N) is 2. The fraction of sp³-hybridized carbons (Fsp3) is 0.0625. The highest BCUT2D eigenvalue weighted by Gasteiger charge is 2.35. The van der Waals surface area contributed by atoms with Crippen LogP contribution in [0.2, 0.25) is 0 Å². The second kappa shape index (κ2) is 10.9. The van der Waals surface area contributed by atoms with Gasteiger partial charge in [0, 0.05) is 16.7 Å². The van der Waals surface area contributed by atoms with Gasteiger partial charge in [-0.25, -0.2) is 4.98 Å². The summed E-state index contributed by atoms with van der Waals surface area (Å²) in [4.78, 5) is 5.02. The molecule has 1 aliphatic carbocycles. The van der Waals surface area contributed by atoms with E-state index in [0.29, 0.717) is 22.3 Å². The molecule has 0 aliphatic heterocycles. The van der Waals surface area contributed by atoms with Gasteiger partial charge in [-0.3, -0.25) is 4.57 Å². The lowest BCUT2D eigenvalue weighted by Gasteiger charge is -2.23. The SMILES string of the molecule is [2H]c1c([2H])c([2H])c2c(c1[2H])-c1c([2H])c([2H])c(-c3c4ccccc4c(-c4ccc(-n5c(-c6ccccc6)nc6ccccc65)cc4)c4ccccc34)c([2H])c1C2(C)C. The van der Waals surface area contributed by atoms with Crippen molar-refractivity contribution >= 4 is 32.6 Å². The molecule has 0 radical (unpaired) electrons. The van der Waals surface area contributed by atoms with E-state index in [0.717, 1.165) is 60.8 Å². The van der Waals surface area contributed by atoms with Crippen molar-refractivity contribution in [3.8, 4) is 50.5 Å². The molecule has 1 heterocycles. The van der Waals surface area contributed by atoms with Crippen molar-refractivity contribution in [1.82, 2.24) is 9.55 Å². The first-order valence-corrected chi connectivity index (χ1v) is 16.8. The number of benzene rings is 8. The van der Waals surface area contributed by atoms with Crippen molar-refractivity contribution in [3.63, 3.8) is 0 Å². The second-order valence-corrected chi connectivity index (χ2v) is 13.4. The van der Waals surface area contributed by atoms with Gasteiger partial charge in [0.05, 0.1) is 20.6 Å². The minimum absolute atomic E-state index is 0.0539. The van der Waals surface area contributed by atoms with E-state index in [1.165, 1.54) is 0 Å². The highest BCUT2D eigenvalue weighted by molar-refractivity contribution is 6.21. The van der Waals surface area contributed by atoms with E-state index in [2.05, 4.69) is 59.2 Å². The van der Waals surface area contributed by atoms with E-state index < -0.39 is 5.41 Å². The molecule has 9 aromatic rings. The molecule has 1 aliphatic rings. The molecule has 8 aromatic carbocycles. The Labute approximate surface area is 301 Å². The molecule has 10 rings (SSSR count). The molecule has 0 unspecified atom stereocenters. The third kappa shape index (κ3) is 4.18. The normalized spacial score (nSPS) is 15.1. The fourth-order valence-corrected chi connectivity index (χ4v) is 7.84. The molecular weight excluding hydrogens is 605 g/mol. The average Bonchev–Trinajstić information content (AvgIpc) is 3.74. The third-order valence-electron chi connectivity index (χ3n) is 10.2. The van der Waals surface area contributed by atoms with Gasteiger partial charge < -0.3 is 0 Å². The minimum atomic E-state index is -1.02. The van der Waals surface area contributed by atoms with Crippen LogP contribution in [-0.2, 0) is 5.41 Å². The molecule has 1 aromatic heterocycles. The molecular formula is C48H34N2. The van der Waals surface area contributed by atoms with Crippen LogP contribution in [0.15, 0.2) is 170 Å². The molecule has 2 heteroatoms. The van der Waals surface area contributed by atoms with Gasteiger partial charge in [-0.1, -0.05) is 153 Å². The number of aromatic nitrogens is 2. The van der Waals surface area contributed by atoms with E-state index in [4.69, 9.17) is 10.5 Å². The Morgan fingerprint density at radius 2 is 1.10 bits per heavy atom. The summed E-state index contributed by atoms with van der Waals surface area (Å²) in [5.41, 5.74) is 7.14. The van der Waals surface area contributed by atoms with Crippen LogP contribution < -0.4 is 0 Å². The lowest BCUT2D eigenvalue weighted by molar-refractivity contribution is 0.660. The highest BCUT2D eigenvalue weighted by Crippen LogP contribution is 2.51. The first-order valence-electron chi connectivity index (χ1n) is 20.3. The third-order valence-corrected chi connectivity index (χ3v) is 10.2. The summed E-state index contributed by atoms with van der Waals surface area (Å²) in [6.45, 7) is 3.70. The van der Waals surface area contributed by atoms with Gasteiger partial charge >= 0.3 is 0 Å². The Bertz CT molecular complexity index is 3110. The van der Waals surface area contributed by atoms with Gasteiger partial charge in [0.1, 0.15) is 5.82 Å². The summed E-state index contributed by atoms with van der Waals surface area (Å²) in [7, 11) is 0. The summed E-state index contributed by atoms with van der Waals surface area (Å²) in [5.74, 6) is 0.856. The predicted octanol–water partition coefficient (Wildman–Crippen LogP) is 12.6. The molecule has 0 fully saturated rings. The maximum atomic E-state index is 9.85. The zero-order chi connectivity index (χ0) is 39.5. The Morgan fingerprint density at radius 3 is 1.80 bits per heavy atom. The number of imidazole rings is 1. The number of rotatable bonds is 4. The van der Waals surface area contributed by atoms with Gasteiger partial charge in [-0.15, -0.1) is 0 Å². The molecule has 236 valence electrons. The topological polar surface area (TPSA) is 17.8 Å². The van der Waals surface area contributed by atoms with Crippen LogP contribution in [0.5, 0.6) is 0 Å². The van der Waals surface area contributed by atoms with Gasteiger partial charge in [-0.05, 0) is 96.4 Å². The fourth-order valence-electron chi connectivity index (χ4n) is 7.84. The Balaban J connectivity index is 1.21. The van der Waals surface area contributed by atoms with Crippen LogP contribution in [-0.4, -0.2) is 9.55 Å². The number of hydrogen-bond donors (Lipinski definition) is 0. The molecule has 2 nitrogen and oxygen atoms in total. The number of hydrogen-bond acceptors (Lipinski definition) is 1. The standard InChI is InChI=1S/C48H34N2/c1-48(2)41-21-11-10-16-35(41)36-29-26-33(30-42(36)48)46-39-19-8-6-17-37(39)45(38-18-7-9-20-40(38)46)31-24-27-34(28-25-31)50-44-23-13-12-22-43(44)49-47(50)32-14-4-3-5-15-32/h3-30H,1-2H3/i10D,11D,16D,21D,26D,29D,30D.